The first-order valence-corrected chi connectivity index (χ1v) is 3.93. The van der Waals surface area contributed by atoms with Crippen molar-refractivity contribution in [2.45, 2.75) is 26.9 Å². The van der Waals surface area contributed by atoms with E-state index in [1.165, 1.54) is 6.08 Å². The van der Waals surface area contributed by atoms with E-state index in [1.54, 1.807) is 19.9 Å². The fourth-order valence-corrected chi connectivity index (χ4v) is 0.815. The summed E-state index contributed by atoms with van der Waals surface area (Å²) in [4.78, 5) is 3.60. The molecule has 0 aromatic carbocycles. The Balaban J connectivity index is 4.73. The van der Waals surface area contributed by atoms with E-state index in [-0.39, 0.29) is 5.76 Å². The van der Waals surface area contributed by atoms with Gasteiger partial charge in [0.05, 0.1) is 5.70 Å². The smallest absolute Gasteiger partial charge is 0.387 e. The van der Waals surface area contributed by atoms with Gasteiger partial charge < -0.3 is 4.74 Å². The first-order valence-electron chi connectivity index (χ1n) is 3.93. The van der Waals surface area contributed by atoms with Gasteiger partial charge in [-0.05, 0) is 26.1 Å². The van der Waals surface area contributed by atoms with Crippen molar-refractivity contribution in [3.05, 3.63) is 23.6 Å². The molecule has 0 atom stereocenters. The summed E-state index contributed by atoms with van der Waals surface area (Å²) in [6, 6.07) is 0. The summed E-state index contributed by atoms with van der Waals surface area (Å²) in [5, 5.41) is 0. The molecule has 0 amide bonds. The molecule has 0 N–H and O–H groups in total. The molecular weight excluding hydrogens is 176 g/mol. The molecule has 0 fully saturated rings. The highest BCUT2D eigenvalue weighted by atomic mass is 19.3. The standard InChI is InChI=1S/C9H13F2NO/c1-4-6-8(13-9(10)11)7(5-2)12-3/h4,6,9H,3,5H2,1-2H3/b6-4-,8-7+. The Morgan fingerprint density at radius 2 is 2.23 bits per heavy atom. The predicted octanol–water partition coefficient (Wildman–Crippen LogP) is 3.12. The minimum absolute atomic E-state index is 0.0787. The molecule has 0 saturated heterocycles. The van der Waals surface area contributed by atoms with Crippen LogP contribution in [-0.2, 0) is 4.74 Å². The van der Waals surface area contributed by atoms with E-state index in [1.807, 2.05) is 0 Å². The molecule has 0 spiro atoms. The van der Waals surface area contributed by atoms with Gasteiger partial charge in [0.15, 0.2) is 0 Å². The van der Waals surface area contributed by atoms with E-state index in [9.17, 15) is 8.78 Å². The van der Waals surface area contributed by atoms with Crippen LogP contribution in [0.1, 0.15) is 20.3 Å². The van der Waals surface area contributed by atoms with Crippen LogP contribution in [0.2, 0.25) is 0 Å². The van der Waals surface area contributed by atoms with Crippen LogP contribution in [0, 0.1) is 0 Å². The Kier molecular flexibility index (Phi) is 5.76. The first-order chi connectivity index (χ1) is 6.15. The Morgan fingerprint density at radius 3 is 2.54 bits per heavy atom. The second-order valence-corrected chi connectivity index (χ2v) is 2.20. The molecule has 0 unspecified atom stereocenters. The topological polar surface area (TPSA) is 21.6 Å². The van der Waals surface area contributed by atoms with E-state index in [4.69, 9.17) is 0 Å². The zero-order chi connectivity index (χ0) is 10.3. The average molecular weight is 189 g/mol. The largest absolute Gasteiger partial charge is 0.433 e. The SMILES string of the molecule is C=N/C(CC)=C(\C=C/C)OC(F)F. The summed E-state index contributed by atoms with van der Waals surface area (Å²) in [6.45, 7) is 3.96. The van der Waals surface area contributed by atoms with Crippen LogP contribution in [0.15, 0.2) is 28.6 Å². The molecule has 0 rings (SSSR count). The van der Waals surface area contributed by atoms with E-state index >= 15 is 0 Å². The monoisotopic (exact) mass is 189 g/mol. The van der Waals surface area contributed by atoms with Gasteiger partial charge in [0.2, 0.25) is 0 Å². The van der Waals surface area contributed by atoms with Crippen LogP contribution in [-0.4, -0.2) is 13.3 Å². The van der Waals surface area contributed by atoms with Crippen LogP contribution in [0.5, 0.6) is 0 Å². The van der Waals surface area contributed by atoms with Crippen molar-refractivity contribution < 1.29 is 13.5 Å². The third-order valence-corrected chi connectivity index (χ3v) is 1.34. The predicted molar refractivity (Wildman–Crippen MR) is 48.8 cm³/mol. The van der Waals surface area contributed by atoms with E-state index < -0.39 is 6.61 Å². The number of halogens is 2. The van der Waals surface area contributed by atoms with E-state index in [2.05, 4.69) is 16.4 Å². The maximum Gasteiger partial charge on any atom is 0.387 e. The molecular formula is C9H13F2NO. The number of hydrogen-bond acceptors (Lipinski definition) is 2. The number of allylic oxidation sites excluding steroid dienone is 3. The fraction of sp³-hybridized carbons (Fsp3) is 0.444. The Bertz CT molecular complexity index is 222. The number of alkyl halides is 2. The van der Waals surface area contributed by atoms with Crippen LogP contribution in [0.25, 0.3) is 0 Å². The Hall–Kier alpha value is -1.19. The summed E-state index contributed by atoms with van der Waals surface area (Å²) < 4.78 is 28.0. The van der Waals surface area contributed by atoms with Crippen LogP contribution < -0.4 is 0 Å². The lowest BCUT2D eigenvalue weighted by Gasteiger charge is -2.07. The van der Waals surface area contributed by atoms with Gasteiger partial charge in [-0.25, -0.2) is 0 Å². The number of nitrogens with zero attached hydrogens (tertiary/aromatic N) is 1. The third kappa shape index (κ3) is 4.40. The molecule has 0 saturated carbocycles. The number of aliphatic imine (C=N–C) groups is 1. The average Bonchev–Trinajstić information content (AvgIpc) is 2.05. The summed E-state index contributed by atoms with van der Waals surface area (Å²) in [7, 11) is 0. The minimum Gasteiger partial charge on any atom is -0.433 e. The van der Waals surface area contributed by atoms with Crippen LogP contribution >= 0.6 is 0 Å². The zero-order valence-corrected chi connectivity index (χ0v) is 7.76. The highest BCUT2D eigenvalue weighted by Gasteiger charge is 2.08. The lowest BCUT2D eigenvalue weighted by molar-refractivity contribution is -0.0931. The van der Waals surface area contributed by atoms with Crippen molar-refractivity contribution in [1.82, 2.24) is 0 Å². The molecule has 4 heteroatoms. The van der Waals surface area contributed by atoms with Crippen molar-refractivity contribution in [2.75, 3.05) is 0 Å². The quantitative estimate of drug-likeness (QED) is 0.370. The number of ether oxygens (including phenoxy) is 1. The normalized spacial score (nSPS) is 13.3. The van der Waals surface area contributed by atoms with Gasteiger partial charge in [-0.3, -0.25) is 4.99 Å². The zero-order valence-electron chi connectivity index (χ0n) is 7.76. The molecule has 0 aliphatic heterocycles. The van der Waals surface area contributed by atoms with Crippen molar-refractivity contribution in [2.24, 2.45) is 4.99 Å². The second kappa shape index (κ2) is 6.34. The molecule has 0 aromatic heterocycles. The van der Waals surface area contributed by atoms with Gasteiger partial charge in [0, 0.05) is 0 Å². The Morgan fingerprint density at radius 1 is 1.62 bits per heavy atom. The summed E-state index contributed by atoms with van der Waals surface area (Å²) >= 11 is 0. The molecule has 0 aliphatic rings. The summed E-state index contributed by atoms with van der Waals surface area (Å²) in [6.07, 6.45) is 3.56. The minimum atomic E-state index is -2.82. The summed E-state index contributed by atoms with van der Waals surface area (Å²) in [5.41, 5.74) is 0.429. The second-order valence-electron chi connectivity index (χ2n) is 2.20. The van der Waals surface area contributed by atoms with Gasteiger partial charge >= 0.3 is 6.61 Å². The molecule has 74 valence electrons. The van der Waals surface area contributed by atoms with Crippen LogP contribution in [0.4, 0.5) is 8.78 Å². The molecule has 0 heterocycles. The molecule has 0 radical (unpaired) electrons. The molecule has 2 nitrogen and oxygen atoms in total. The van der Waals surface area contributed by atoms with Crippen molar-refractivity contribution in [3.63, 3.8) is 0 Å². The van der Waals surface area contributed by atoms with E-state index in [0.29, 0.717) is 12.1 Å². The van der Waals surface area contributed by atoms with Crippen molar-refractivity contribution in [3.8, 4) is 0 Å². The first kappa shape index (κ1) is 11.8. The highest BCUT2D eigenvalue weighted by molar-refractivity contribution is 5.32. The lowest BCUT2D eigenvalue weighted by Crippen LogP contribution is -2.00. The van der Waals surface area contributed by atoms with Gasteiger partial charge in [0.25, 0.3) is 0 Å². The summed E-state index contributed by atoms with van der Waals surface area (Å²) in [5.74, 6) is 0.0787. The lowest BCUT2D eigenvalue weighted by atomic mass is 10.3. The maximum absolute atomic E-state index is 11.9. The number of rotatable bonds is 5. The van der Waals surface area contributed by atoms with Crippen LogP contribution in [0.3, 0.4) is 0 Å². The maximum atomic E-state index is 11.9. The fourth-order valence-electron chi connectivity index (χ4n) is 0.815. The highest BCUT2D eigenvalue weighted by Crippen LogP contribution is 2.15. The van der Waals surface area contributed by atoms with Gasteiger partial charge in [-0.15, -0.1) is 0 Å². The van der Waals surface area contributed by atoms with E-state index in [0.717, 1.165) is 0 Å². The molecule has 0 aromatic rings. The van der Waals surface area contributed by atoms with Gasteiger partial charge in [-0.2, -0.15) is 8.78 Å². The molecule has 13 heavy (non-hydrogen) atoms. The van der Waals surface area contributed by atoms with Crippen molar-refractivity contribution >= 4 is 6.72 Å². The molecule has 0 aliphatic carbocycles. The molecule has 0 bridgehead atoms. The Labute approximate surface area is 76.6 Å². The van der Waals surface area contributed by atoms with Crippen molar-refractivity contribution in [1.29, 1.82) is 0 Å². The number of hydrogen-bond donors (Lipinski definition) is 0. The third-order valence-electron chi connectivity index (χ3n) is 1.34. The van der Waals surface area contributed by atoms with Gasteiger partial charge in [0.1, 0.15) is 5.76 Å². The van der Waals surface area contributed by atoms with Gasteiger partial charge in [-0.1, -0.05) is 13.0 Å².